The van der Waals surface area contributed by atoms with Gasteiger partial charge in [0.1, 0.15) is 0 Å². The van der Waals surface area contributed by atoms with Crippen LogP contribution < -0.4 is 5.32 Å². The Kier molecular flexibility index (Phi) is 3.65. The highest BCUT2D eigenvalue weighted by Gasteiger charge is 2.40. The number of rotatable bonds is 2. The number of nitrogens with zero attached hydrogens (tertiary/aromatic N) is 2. The smallest absolute Gasteiger partial charge is 0.251 e. The van der Waals surface area contributed by atoms with Gasteiger partial charge in [-0.1, -0.05) is 30.3 Å². The first-order chi connectivity index (χ1) is 13.2. The number of imidazole rings is 1. The van der Waals surface area contributed by atoms with Crippen LogP contribution in [0.15, 0.2) is 55.0 Å². The van der Waals surface area contributed by atoms with E-state index in [4.69, 9.17) is 0 Å². The minimum atomic E-state index is -0.570. The Hall–Kier alpha value is -2.92. The van der Waals surface area contributed by atoms with E-state index in [-0.39, 0.29) is 17.9 Å². The number of aliphatic hydroxyl groups is 1. The second kappa shape index (κ2) is 6.06. The first-order valence-electron chi connectivity index (χ1n) is 9.33. The maximum absolute atomic E-state index is 11.9. The van der Waals surface area contributed by atoms with Gasteiger partial charge in [0, 0.05) is 24.1 Å². The molecule has 3 atom stereocenters. The summed E-state index contributed by atoms with van der Waals surface area (Å²) in [5.41, 5.74) is 6.22. The van der Waals surface area contributed by atoms with Crippen LogP contribution in [-0.4, -0.2) is 27.6 Å². The highest BCUT2D eigenvalue weighted by molar-refractivity contribution is 5.94. The van der Waals surface area contributed by atoms with Crippen molar-refractivity contribution in [3.05, 3.63) is 77.2 Å². The standard InChI is InChI=1S/C22H21N3O2/c1-23-22(27)14-7-8-15-13(10-14)6-9-18(21(15)26)20-17-5-3-2-4-16(17)19-11-24-12-25(19)20/h2-5,7-8,10-12,18,20-21,26H,6,9H2,1H3,(H,23,27)/t18-,20-,21+/m1/s1. The third-order valence-corrected chi connectivity index (χ3v) is 6.03. The van der Waals surface area contributed by atoms with E-state index in [1.807, 2.05) is 30.7 Å². The molecule has 1 aromatic heterocycles. The van der Waals surface area contributed by atoms with Crippen molar-refractivity contribution < 1.29 is 9.90 Å². The number of hydrogen-bond donors (Lipinski definition) is 2. The van der Waals surface area contributed by atoms with Gasteiger partial charge < -0.3 is 15.0 Å². The normalized spacial score (nSPS) is 22.7. The van der Waals surface area contributed by atoms with Crippen LogP contribution in [0.4, 0.5) is 0 Å². The molecule has 2 N–H and O–H groups in total. The van der Waals surface area contributed by atoms with Crippen molar-refractivity contribution in [3.8, 4) is 11.3 Å². The van der Waals surface area contributed by atoms with E-state index in [2.05, 4.69) is 33.1 Å². The van der Waals surface area contributed by atoms with Crippen molar-refractivity contribution in [3.63, 3.8) is 0 Å². The van der Waals surface area contributed by atoms with Gasteiger partial charge in [-0.25, -0.2) is 4.98 Å². The SMILES string of the molecule is CNC(=O)c1ccc2c(c1)CC[C@H]([C@H]1c3ccccc3-c3cncn31)[C@H]2O. The molecule has 27 heavy (non-hydrogen) atoms. The Balaban J connectivity index is 1.54. The molecule has 0 saturated heterocycles. The molecule has 0 bridgehead atoms. The van der Waals surface area contributed by atoms with Gasteiger partial charge in [-0.05, 0) is 41.7 Å². The van der Waals surface area contributed by atoms with Gasteiger partial charge in [-0.3, -0.25) is 4.79 Å². The second-order valence-corrected chi connectivity index (χ2v) is 7.36. The van der Waals surface area contributed by atoms with E-state index in [1.165, 1.54) is 11.1 Å². The van der Waals surface area contributed by atoms with Gasteiger partial charge in [0.2, 0.25) is 0 Å². The van der Waals surface area contributed by atoms with Crippen LogP contribution in [-0.2, 0) is 6.42 Å². The lowest BCUT2D eigenvalue weighted by atomic mass is 9.75. The molecule has 1 amide bonds. The summed E-state index contributed by atoms with van der Waals surface area (Å²) in [5.74, 6) is -0.0258. The van der Waals surface area contributed by atoms with Gasteiger partial charge in [0.15, 0.2) is 0 Å². The van der Waals surface area contributed by atoms with Crippen LogP contribution in [0.1, 0.15) is 45.6 Å². The summed E-state index contributed by atoms with van der Waals surface area (Å²) in [5, 5.41) is 13.9. The average Bonchev–Trinajstić information content (AvgIpc) is 3.29. The first-order valence-corrected chi connectivity index (χ1v) is 9.33. The van der Waals surface area contributed by atoms with Gasteiger partial charge in [0.05, 0.1) is 30.4 Å². The van der Waals surface area contributed by atoms with Crippen LogP contribution in [0.3, 0.4) is 0 Å². The van der Waals surface area contributed by atoms with Crippen molar-refractivity contribution in [2.45, 2.75) is 25.0 Å². The zero-order valence-electron chi connectivity index (χ0n) is 15.1. The molecule has 2 heterocycles. The molecule has 136 valence electrons. The maximum Gasteiger partial charge on any atom is 0.251 e. The number of aliphatic hydroxyl groups excluding tert-OH is 1. The van der Waals surface area contributed by atoms with Gasteiger partial charge in [-0.2, -0.15) is 0 Å². The number of benzene rings is 2. The van der Waals surface area contributed by atoms with E-state index in [0.717, 1.165) is 29.7 Å². The molecule has 0 fully saturated rings. The molecular formula is C22H21N3O2. The first kappa shape index (κ1) is 16.3. The van der Waals surface area contributed by atoms with Crippen molar-refractivity contribution in [1.82, 2.24) is 14.9 Å². The lowest BCUT2D eigenvalue weighted by molar-refractivity contribution is 0.0719. The lowest BCUT2D eigenvalue weighted by Gasteiger charge is -2.35. The van der Waals surface area contributed by atoms with Crippen LogP contribution in [0.25, 0.3) is 11.3 Å². The summed E-state index contributed by atoms with van der Waals surface area (Å²) in [6.45, 7) is 0. The third kappa shape index (κ3) is 2.35. The Morgan fingerprint density at radius 2 is 2.07 bits per heavy atom. The Morgan fingerprint density at radius 3 is 2.93 bits per heavy atom. The van der Waals surface area contributed by atoms with E-state index in [9.17, 15) is 9.90 Å². The number of fused-ring (bicyclic) bond motifs is 4. The highest BCUT2D eigenvalue weighted by Crippen LogP contribution is 2.49. The monoisotopic (exact) mass is 359 g/mol. The molecule has 0 unspecified atom stereocenters. The summed E-state index contributed by atoms with van der Waals surface area (Å²) in [6, 6.07) is 14.1. The minimum Gasteiger partial charge on any atom is -0.388 e. The molecule has 2 aliphatic rings. The number of nitrogens with one attached hydrogen (secondary N) is 1. The number of carbonyl (C=O) groups excluding carboxylic acids is 1. The lowest BCUT2D eigenvalue weighted by Crippen LogP contribution is -2.29. The summed E-state index contributed by atoms with van der Waals surface area (Å²) in [6.07, 6.45) is 4.92. The van der Waals surface area contributed by atoms with Crippen molar-refractivity contribution in [2.24, 2.45) is 5.92 Å². The molecular weight excluding hydrogens is 338 g/mol. The fourth-order valence-electron chi connectivity index (χ4n) is 4.75. The molecule has 0 radical (unpaired) electrons. The average molecular weight is 359 g/mol. The molecule has 0 saturated carbocycles. The van der Waals surface area contributed by atoms with Crippen LogP contribution >= 0.6 is 0 Å². The number of aromatic nitrogens is 2. The van der Waals surface area contributed by atoms with Crippen LogP contribution in [0.2, 0.25) is 0 Å². The fourth-order valence-corrected chi connectivity index (χ4v) is 4.75. The predicted molar refractivity (Wildman–Crippen MR) is 102 cm³/mol. The quantitative estimate of drug-likeness (QED) is 0.739. The van der Waals surface area contributed by atoms with E-state index in [0.29, 0.717) is 5.56 Å². The van der Waals surface area contributed by atoms with E-state index >= 15 is 0 Å². The zero-order valence-corrected chi connectivity index (χ0v) is 15.1. The van der Waals surface area contributed by atoms with Crippen LogP contribution in [0.5, 0.6) is 0 Å². The molecule has 3 aromatic rings. The van der Waals surface area contributed by atoms with Crippen LogP contribution in [0, 0.1) is 5.92 Å². The molecule has 1 aliphatic carbocycles. The predicted octanol–water partition coefficient (Wildman–Crippen LogP) is 3.11. The molecule has 5 nitrogen and oxygen atoms in total. The summed E-state index contributed by atoms with van der Waals surface area (Å²) in [4.78, 5) is 16.2. The van der Waals surface area contributed by atoms with Gasteiger partial charge >= 0.3 is 0 Å². The summed E-state index contributed by atoms with van der Waals surface area (Å²) >= 11 is 0. The highest BCUT2D eigenvalue weighted by atomic mass is 16.3. The number of aryl methyl sites for hydroxylation is 1. The minimum absolute atomic E-state index is 0.0694. The fraction of sp³-hybridized carbons (Fsp3) is 0.273. The Labute approximate surface area is 157 Å². The topological polar surface area (TPSA) is 67.2 Å². The van der Waals surface area contributed by atoms with Crippen molar-refractivity contribution in [2.75, 3.05) is 7.05 Å². The second-order valence-electron chi connectivity index (χ2n) is 7.36. The van der Waals surface area contributed by atoms with Crippen molar-refractivity contribution >= 4 is 5.91 Å². The Morgan fingerprint density at radius 1 is 1.22 bits per heavy atom. The van der Waals surface area contributed by atoms with E-state index < -0.39 is 6.10 Å². The van der Waals surface area contributed by atoms with Gasteiger partial charge in [-0.15, -0.1) is 0 Å². The number of hydrogen-bond acceptors (Lipinski definition) is 3. The zero-order chi connectivity index (χ0) is 18.5. The number of carbonyl (C=O) groups is 1. The molecule has 0 spiro atoms. The summed E-state index contributed by atoms with van der Waals surface area (Å²) in [7, 11) is 1.63. The number of amides is 1. The maximum atomic E-state index is 11.9. The van der Waals surface area contributed by atoms with Crippen molar-refractivity contribution in [1.29, 1.82) is 0 Å². The third-order valence-electron chi connectivity index (χ3n) is 6.03. The Bertz CT molecular complexity index is 1040. The van der Waals surface area contributed by atoms with Gasteiger partial charge in [0.25, 0.3) is 5.91 Å². The molecule has 1 aliphatic heterocycles. The molecule has 5 rings (SSSR count). The molecule has 5 heteroatoms. The van der Waals surface area contributed by atoms with E-state index in [1.54, 1.807) is 13.1 Å². The largest absolute Gasteiger partial charge is 0.388 e. The molecule has 2 aromatic carbocycles. The summed E-state index contributed by atoms with van der Waals surface area (Å²) < 4.78 is 2.20.